The Kier molecular flexibility index (Phi) is 4.67. The maximum atomic E-state index is 12.8. The van der Waals surface area contributed by atoms with Crippen LogP contribution in [0.3, 0.4) is 0 Å². The van der Waals surface area contributed by atoms with Crippen LogP contribution in [0, 0.1) is 0 Å². The number of hydrogen-bond acceptors (Lipinski definition) is 6. The molecule has 0 fully saturated rings. The highest BCUT2D eigenvalue weighted by molar-refractivity contribution is 6.31. The van der Waals surface area contributed by atoms with Crippen molar-refractivity contribution in [1.82, 2.24) is 19.7 Å². The molecule has 1 N–H and O–H groups in total. The van der Waals surface area contributed by atoms with Crippen LogP contribution in [0.5, 0.6) is 0 Å². The molecule has 0 bridgehead atoms. The van der Waals surface area contributed by atoms with Gasteiger partial charge in [-0.1, -0.05) is 35.9 Å². The molecule has 0 unspecified atom stereocenters. The van der Waals surface area contributed by atoms with Gasteiger partial charge in [-0.15, -0.1) is 5.10 Å². The molecule has 8 heteroatoms. The van der Waals surface area contributed by atoms with E-state index in [1.807, 2.05) is 18.2 Å². The summed E-state index contributed by atoms with van der Waals surface area (Å²) in [6, 6.07) is 16.0. The van der Waals surface area contributed by atoms with Gasteiger partial charge in [0.25, 0.3) is 5.91 Å². The molecule has 0 atom stereocenters. The van der Waals surface area contributed by atoms with Gasteiger partial charge in [-0.2, -0.15) is 9.67 Å². The zero-order valence-electron chi connectivity index (χ0n) is 14.0. The molecule has 0 aliphatic heterocycles. The van der Waals surface area contributed by atoms with E-state index >= 15 is 0 Å². The minimum absolute atomic E-state index is 0.259. The van der Waals surface area contributed by atoms with Crippen LogP contribution in [0.4, 0.5) is 5.95 Å². The van der Waals surface area contributed by atoms with Crippen LogP contribution in [0.1, 0.15) is 16.1 Å². The van der Waals surface area contributed by atoms with Gasteiger partial charge in [-0.25, -0.2) is 0 Å². The smallest absolute Gasteiger partial charge is 0.299 e. The molecular formula is C19H14ClN5O2. The van der Waals surface area contributed by atoms with E-state index in [1.54, 1.807) is 42.6 Å². The second-order valence-corrected chi connectivity index (χ2v) is 6.02. The maximum absolute atomic E-state index is 12.8. The number of nitrogens with one attached hydrogen (secondary N) is 1. The Hall–Kier alpha value is -3.45. The van der Waals surface area contributed by atoms with Gasteiger partial charge in [0, 0.05) is 17.8 Å². The third-order valence-electron chi connectivity index (χ3n) is 3.82. The highest BCUT2D eigenvalue weighted by Gasteiger charge is 2.20. The fourth-order valence-electron chi connectivity index (χ4n) is 2.49. The number of carbonyl (C=O) groups is 1. The molecule has 27 heavy (non-hydrogen) atoms. The molecule has 7 nitrogen and oxygen atoms in total. The van der Waals surface area contributed by atoms with Gasteiger partial charge >= 0.3 is 0 Å². The average Bonchev–Trinajstić information content (AvgIpc) is 3.37. The predicted octanol–water partition coefficient (Wildman–Crippen LogP) is 3.89. The first-order valence-corrected chi connectivity index (χ1v) is 8.54. The highest BCUT2D eigenvalue weighted by Crippen LogP contribution is 2.21. The Morgan fingerprint density at radius 3 is 2.70 bits per heavy atom. The number of halogens is 1. The summed E-state index contributed by atoms with van der Waals surface area (Å²) >= 11 is 6.20. The molecule has 0 aliphatic carbocycles. The van der Waals surface area contributed by atoms with Gasteiger partial charge in [0.15, 0.2) is 5.76 Å². The summed E-state index contributed by atoms with van der Waals surface area (Å²) in [5.74, 6) is 0.633. The Bertz CT molecular complexity index is 1060. The zero-order valence-corrected chi connectivity index (χ0v) is 14.8. The lowest BCUT2D eigenvalue weighted by Gasteiger charge is -2.08. The van der Waals surface area contributed by atoms with Gasteiger partial charge in [0.1, 0.15) is 5.69 Å². The number of anilines is 1. The monoisotopic (exact) mass is 379 g/mol. The Labute approximate surface area is 159 Å². The number of aromatic nitrogens is 4. The van der Waals surface area contributed by atoms with E-state index < -0.39 is 5.91 Å². The van der Waals surface area contributed by atoms with Gasteiger partial charge in [-0.3, -0.25) is 9.78 Å². The van der Waals surface area contributed by atoms with Crippen LogP contribution in [0.2, 0.25) is 5.02 Å². The van der Waals surface area contributed by atoms with E-state index in [1.165, 1.54) is 10.9 Å². The topological polar surface area (TPSA) is 85.8 Å². The van der Waals surface area contributed by atoms with E-state index in [0.717, 1.165) is 5.56 Å². The van der Waals surface area contributed by atoms with Crippen molar-refractivity contribution in [1.29, 1.82) is 0 Å². The Balaban J connectivity index is 1.68. The van der Waals surface area contributed by atoms with Crippen molar-refractivity contribution < 1.29 is 9.21 Å². The largest absolute Gasteiger partial charge is 0.461 e. The van der Waals surface area contributed by atoms with Crippen LogP contribution in [-0.2, 0) is 6.54 Å². The first-order chi connectivity index (χ1) is 13.2. The molecule has 0 amide bonds. The predicted molar refractivity (Wildman–Crippen MR) is 100 cm³/mol. The highest BCUT2D eigenvalue weighted by atomic mass is 35.5. The fourth-order valence-corrected chi connectivity index (χ4v) is 2.69. The molecule has 0 aliphatic rings. The summed E-state index contributed by atoms with van der Waals surface area (Å²) in [5.41, 5.74) is 1.13. The molecule has 1 aromatic carbocycles. The number of hydrogen-bond donors (Lipinski definition) is 1. The Morgan fingerprint density at radius 2 is 1.96 bits per heavy atom. The second kappa shape index (κ2) is 7.43. The lowest BCUT2D eigenvalue weighted by Crippen LogP contribution is -2.18. The van der Waals surface area contributed by atoms with Gasteiger partial charge < -0.3 is 9.73 Å². The molecule has 0 saturated heterocycles. The number of pyridine rings is 1. The van der Waals surface area contributed by atoms with E-state index in [0.29, 0.717) is 23.2 Å². The normalized spacial score (nSPS) is 10.7. The maximum Gasteiger partial charge on any atom is 0.299 e. The number of rotatable bonds is 5. The first-order valence-electron chi connectivity index (χ1n) is 8.16. The number of nitrogens with zero attached hydrogens (tertiary/aromatic N) is 4. The molecule has 4 rings (SSSR count). The zero-order chi connectivity index (χ0) is 18.6. The molecule has 0 radical (unpaired) electrons. The van der Waals surface area contributed by atoms with E-state index in [2.05, 4.69) is 20.4 Å². The third kappa shape index (κ3) is 3.58. The fraction of sp³-hybridized carbons (Fsp3) is 0.0526. The minimum atomic E-state index is -0.400. The molecular weight excluding hydrogens is 366 g/mol. The van der Waals surface area contributed by atoms with Crippen molar-refractivity contribution >= 4 is 23.5 Å². The van der Waals surface area contributed by atoms with Crippen molar-refractivity contribution in [3.63, 3.8) is 0 Å². The third-order valence-corrected chi connectivity index (χ3v) is 4.19. The molecule has 3 heterocycles. The van der Waals surface area contributed by atoms with Gasteiger partial charge in [0.2, 0.25) is 11.8 Å². The summed E-state index contributed by atoms with van der Waals surface area (Å²) in [6.07, 6.45) is 3.07. The van der Waals surface area contributed by atoms with E-state index in [9.17, 15) is 4.79 Å². The average molecular weight is 380 g/mol. The van der Waals surface area contributed by atoms with Crippen molar-refractivity contribution in [3.8, 4) is 11.6 Å². The minimum Gasteiger partial charge on any atom is -0.461 e. The van der Waals surface area contributed by atoms with E-state index in [4.69, 9.17) is 16.0 Å². The molecule has 3 aromatic heterocycles. The molecule has 0 saturated carbocycles. The number of benzene rings is 1. The lowest BCUT2D eigenvalue weighted by molar-refractivity contribution is 0.0942. The standard InChI is InChI=1S/C19H14ClN5O2/c20-14-7-2-1-6-13(14)12-22-19-23-17(16-9-5-11-27-16)24-25(19)18(26)15-8-3-4-10-21-15/h1-11H,12H2,(H,22,23,24). The second-order valence-electron chi connectivity index (χ2n) is 5.61. The first kappa shape index (κ1) is 17.0. The van der Waals surface area contributed by atoms with Crippen LogP contribution >= 0.6 is 11.6 Å². The van der Waals surface area contributed by atoms with Crippen molar-refractivity contribution in [2.24, 2.45) is 0 Å². The van der Waals surface area contributed by atoms with Crippen molar-refractivity contribution in [2.75, 3.05) is 5.32 Å². The van der Waals surface area contributed by atoms with Crippen molar-refractivity contribution in [3.05, 3.63) is 83.3 Å². The van der Waals surface area contributed by atoms with Crippen LogP contribution in [0.25, 0.3) is 11.6 Å². The van der Waals surface area contributed by atoms with Gasteiger partial charge in [0.05, 0.1) is 6.26 Å². The quantitative estimate of drug-likeness (QED) is 0.566. The van der Waals surface area contributed by atoms with Crippen LogP contribution in [0.15, 0.2) is 71.5 Å². The SMILES string of the molecule is O=C(c1ccccn1)n1nc(-c2ccco2)nc1NCc1ccccc1Cl. The summed E-state index contributed by atoms with van der Waals surface area (Å²) < 4.78 is 6.52. The summed E-state index contributed by atoms with van der Waals surface area (Å²) in [5, 5.41) is 8.03. The summed E-state index contributed by atoms with van der Waals surface area (Å²) in [7, 11) is 0. The molecule has 0 spiro atoms. The summed E-state index contributed by atoms with van der Waals surface area (Å²) in [6.45, 7) is 0.380. The van der Waals surface area contributed by atoms with Crippen LogP contribution in [-0.4, -0.2) is 25.7 Å². The van der Waals surface area contributed by atoms with Crippen LogP contribution < -0.4 is 5.32 Å². The van der Waals surface area contributed by atoms with Crippen molar-refractivity contribution in [2.45, 2.75) is 6.54 Å². The Morgan fingerprint density at radius 1 is 1.11 bits per heavy atom. The number of furan rings is 1. The van der Waals surface area contributed by atoms with Gasteiger partial charge in [-0.05, 0) is 35.9 Å². The lowest BCUT2D eigenvalue weighted by atomic mass is 10.2. The van der Waals surface area contributed by atoms with E-state index in [-0.39, 0.29) is 11.6 Å². The number of carbonyl (C=O) groups excluding carboxylic acids is 1. The summed E-state index contributed by atoms with van der Waals surface area (Å²) in [4.78, 5) is 21.3. The molecule has 134 valence electrons. The molecule has 4 aromatic rings.